The summed E-state index contributed by atoms with van der Waals surface area (Å²) in [5.74, 6) is -0.520. The highest BCUT2D eigenvalue weighted by molar-refractivity contribution is 9.10. The van der Waals surface area contributed by atoms with Crippen LogP contribution < -0.4 is 10.1 Å². The second kappa shape index (κ2) is 9.39. The van der Waals surface area contributed by atoms with Gasteiger partial charge in [0, 0.05) is 6.42 Å². The number of carbonyl (C=O) groups is 2. The smallest absolute Gasteiger partial charge is 0.326 e. The molecule has 2 N–H and O–H groups in total. The fourth-order valence-electron chi connectivity index (χ4n) is 1.79. The second-order valence-electron chi connectivity index (χ2n) is 4.63. The van der Waals surface area contributed by atoms with E-state index in [4.69, 9.17) is 9.84 Å². The zero-order valence-electron chi connectivity index (χ0n) is 12.0. The maximum absolute atomic E-state index is 11.7. The first-order chi connectivity index (χ1) is 10.0. The number of benzene rings is 1. The van der Waals surface area contributed by atoms with Gasteiger partial charge in [-0.15, -0.1) is 0 Å². The minimum Gasteiger partial charge on any atom is -0.492 e. The molecular formula is C15H20BrNO4. The van der Waals surface area contributed by atoms with Crippen LogP contribution in [0.5, 0.6) is 5.75 Å². The van der Waals surface area contributed by atoms with Crippen molar-refractivity contribution in [2.24, 2.45) is 0 Å². The molecule has 0 fully saturated rings. The molecule has 0 bridgehead atoms. The van der Waals surface area contributed by atoms with Crippen LogP contribution >= 0.6 is 15.9 Å². The first kappa shape index (κ1) is 17.5. The van der Waals surface area contributed by atoms with Gasteiger partial charge in [-0.2, -0.15) is 0 Å². The number of carboxylic acid groups (broad SMARTS) is 1. The lowest BCUT2D eigenvalue weighted by Gasteiger charge is -2.13. The van der Waals surface area contributed by atoms with Crippen LogP contribution in [0.3, 0.4) is 0 Å². The molecule has 1 amide bonds. The summed E-state index contributed by atoms with van der Waals surface area (Å²) in [7, 11) is 0. The monoisotopic (exact) mass is 357 g/mol. The summed E-state index contributed by atoms with van der Waals surface area (Å²) < 4.78 is 6.41. The van der Waals surface area contributed by atoms with Crippen molar-refractivity contribution < 1.29 is 19.4 Å². The summed E-state index contributed by atoms with van der Waals surface area (Å²) in [4.78, 5) is 22.6. The van der Waals surface area contributed by atoms with Crippen LogP contribution in [0.4, 0.5) is 0 Å². The number of amides is 1. The second-order valence-corrected chi connectivity index (χ2v) is 5.48. The molecule has 0 aliphatic rings. The average Bonchev–Trinajstić information content (AvgIpc) is 2.44. The maximum atomic E-state index is 11.7. The van der Waals surface area contributed by atoms with Gasteiger partial charge in [0.25, 0.3) is 0 Å². The van der Waals surface area contributed by atoms with E-state index in [1.54, 1.807) is 0 Å². The van der Waals surface area contributed by atoms with E-state index in [0.717, 1.165) is 10.2 Å². The van der Waals surface area contributed by atoms with E-state index in [0.29, 0.717) is 25.9 Å². The van der Waals surface area contributed by atoms with Gasteiger partial charge < -0.3 is 15.2 Å². The van der Waals surface area contributed by atoms with E-state index in [9.17, 15) is 9.59 Å². The van der Waals surface area contributed by atoms with E-state index in [1.807, 2.05) is 31.2 Å². The van der Waals surface area contributed by atoms with Crippen molar-refractivity contribution in [1.82, 2.24) is 5.32 Å². The van der Waals surface area contributed by atoms with Crippen LogP contribution in [0.1, 0.15) is 32.6 Å². The van der Waals surface area contributed by atoms with Crippen LogP contribution in [0.15, 0.2) is 28.7 Å². The summed E-state index contributed by atoms with van der Waals surface area (Å²) in [6, 6.07) is 6.68. The molecule has 21 heavy (non-hydrogen) atoms. The van der Waals surface area contributed by atoms with E-state index >= 15 is 0 Å². The van der Waals surface area contributed by atoms with Crippen molar-refractivity contribution in [1.29, 1.82) is 0 Å². The fourth-order valence-corrected chi connectivity index (χ4v) is 2.19. The van der Waals surface area contributed by atoms with Crippen LogP contribution in [-0.4, -0.2) is 29.6 Å². The van der Waals surface area contributed by atoms with E-state index in [2.05, 4.69) is 21.2 Å². The van der Waals surface area contributed by atoms with Gasteiger partial charge in [0.05, 0.1) is 11.1 Å². The number of hydrogen-bond acceptors (Lipinski definition) is 3. The molecule has 5 nitrogen and oxygen atoms in total. The van der Waals surface area contributed by atoms with Gasteiger partial charge in [-0.25, -0.2) is 4.79 Å². The van der Waals surface area contributed by atoms with Gasteiger partial charge in [0.2, 0.25) is 5.91 Å². The molecule has 116 valence electrons. The number of halogens is 1. The highest BCUT2D eigenvalue weighted by Crippen LogP contribution is 2.23. The minimum absolute atomic E-state index is 0.248. The zero-order valence-corrected chi connectivity index (χ0v) is 13.6. The van der Waals surface area contributed by atoms with Crippen LogP contribution in [0.25, 0.3) is 0 Å². The highest BCUT2D eigenvalue weighted by atomic mass is 79.9. The van der Waals surface area contributed by atoms with Crippen molar-refractivity contribution in [3.63, 3.8) is 0 Å². The van der Waals surface area contributed by atoms with Gasteiger partial charge in [0.1, 0.15) is 11.8 Å². The average molecular weight is 358 g/mol. The van der Waals surface area contributed by atoms with Crippen LogP contribution in [0.2, 0.25) is 0 Å². The van der Waals surface area contributed by atoms with Crippen molar-refractivity contribution >= 4 is 27.8 Å². The molecule has 1 atom stereocenters. The molecule has 0 radical (unpaired) electrons. The Balaban J connectivity index is 2.27. The largest absolute Gasteiger partial charge is 0.492 e. The number of hydrogen-bond donors (Lipinski definition) is 2. The lowest BCUT2D eigenvalue weighted by atomic mass is 10.1. The lowest BCUT2D eigenvalue weighted by molar-refractivity contribution is -0.142. The molecule has 0 aliphatic carbocycles. The third-order valence-corrected chi connectivity index (χ3v) is 3.51. The van der Waals surface area contributed by atoms with Gasteiger partial charge in [-0.3, -0.25) is 4.79 Å². The molecule has 0 saturated carbocycles. The summed E-state index contributed by atoms with van der Waals surface area (Å²) in [5.41, 5.74) is 0. The van der Waals surface area contributed by atoms with Gasteiger partial charge in [-0.1, -0.05) is 25.5 Å². The molecule has 0 spiro atoms. The molecule has 1 aromatic carbocycles. The Bertz CT molecular complexity index is 478. The van der Waals surface area contributed by atoms with E-state index in [1.165, 1.54) is 0 Å². The van der Waals surface area contributed by atoms with E-state index < -0.39 is 12.0 Å². The SMILES string of the molecule is CCCC(NC(=O)CCCOc1ccccc1Br)C(=O)O. The van der Waals surface area contributed by atoms with Crippen molar-refractivity contribution in [3.05, 3.63) is 28.7 Å². The Morgan fingerprint density at radius 2 is 2.10 bits per heavy atom. The summed E-state index contributed by atoms with van der Waals surface area (Å²) in [6.45, 7) is 2.29. The van der Waals surface area contributed by atoms with Crippen molar-refractivity contribution in [2.75, 3.05) is 6.61 Å². The van der Waals surface area contributed by atoms with Crippen LogP contribution in [0, 0.1) is 0 Å². The topological polar surface area (TPSA) is 75.6 Å². The molecule has 0 aromatic heterocycles. The first-order valence-corrected chi connectivity index (χ1v) is 7.73. The summed E-state index contributed by atoms with van der Waals surface area (Å²) in [5, 5.41) is 11.5. The maximum Gasteiger partial charge on any atom is 0.326 e. The molecule has 0 saturated heterocycles. The Labute approximate surface area is 132 Å². The normalized spacial score (nSPS) is 11.7. The molecule has 1 rings (SSSR count). The third kappa shape index (κ3) is 6.62. The number of carbonyl (C=O) groups excluding carboxylic acids is 1. The summed E-state index contributed by atoms with van der Waals surface area (Å²) >= 11 is 3.37. The molecule has 1 aromatic rings. The Kier molecular flexibility index (Phi) is 7.82. The number of carboxylic acids is 1. The predicted molar refractivity (Wildman–Crippen MR) is 83.3 cm³/mol. The predicted octanol–water partition coefficient (Wildman–Crippen LogP) is 2.98. The molecular weight excluding hydrogens is 338 g/mol. The Hall–Kier alpha value is -1.56. The molecule has 0 aliphatic heterocycles. The molecule has 6 heteroatoms. The number of aliphatic carboxylic acids is 1. The molecule has 1 unspecified atom stereocenters. The number of rotatable bonds is 9. The third-order valence-electron chi connectivity index (χ3n) is 2.85. The Morgan fingerprint density at radius 3 is 2.71 bits per heavy atom. The standard InChI is InChI=1S/C15H20BrNO4/c1-2-6-12(15(19)20)17-14(18)9-5-10-21-13-8-4-3-7-11(13)16/h3-4,7-8,12H,2,5-6,9-10H2,1H3,(H,17,18)(H,19,20). The van der Waals surface area contributed by atoms with Gasteiger partial charge in [-0.05, 0) is 40.9 Å². The minimum atomic E-state index is -0.991. The first-order valence-electron chi connectivity index (χ1n) is 6.94. The van der Waals surface area contributed by atoms with Crippen molar-refractivity contribution in [3.8, 4) is 5.75 Å². The van der Waals surface area contributed by atoms with Gasteiger partial charge >= 0.3 is 5.97 Å². The Morgan fingerprint density at radius 1 is 1.38 bits per heavy atom. The van der Waals surface area contributed by atoms with Gasteiger partial charge in [0.15, 0.2) is 0 Å². The fraction of sp³-hybridized carbons (Fsp3) is 0.467. The van der Waals surface area contributed by atoms with E-state index in [-0.39, 0.29) is 12.3 Å². The quantitative estimate of drug-likeness (QED) is 0.666. The van der Waals surface area contributed by atoms with Crippen molar-refractivity contribution in [2.45, 2.75) is 38.6 Å². The number of para-hydroxylation sites is 1. The summed E-state index contributed by atoms with van der Waals surface area (Å²) in [6.07, 6.45) is 1.93. The molecule has 0 heterocycles. The highest BCUT2D eigenvalue weighted by Gasteiger charge is 2.18. The number of nitrogens with one attached hydrogen (secondary N) is 1. The zero-order chi connectivity index (χ0) is 15.7. The lowest BCUT2D eigenvalue weighted by Crippen LogP contribution is -2.40. The number of ether oxygens (including phenoxy) is 1. The van der Waals surface area contributed by atoms with Crippen LogP contribution in [-0.2, 0) is 9.59 Å².